The van der Waals surface area contributed by atoms with Crippen LogP contribution in [-0.2, 0) is 11.3 Å². The maximum absolute atomic E-state index is 12.8. The summed E-state index contributed by atoms with van der Waals surface area (Å²) in [6.45, 7) is 8.29. The number of nitrogens with one attached hydrogen (secondary N) is 2. The number of aromatic nitrogens is 3. The lowest BCUT2D eigenvalue weighted by molar-refractivity contribution is -0.113. The SMILES string of the molecule is C=CCn1c(SCC(=O)Nc2cccc(Cl)c2)nnc1[C@@H](NC(=O)c1ccccc1)C(C)C. The summed E-state index contributed by atoms with van der Waals surface area (Å²) >= 11 is 7.24. The van der Waals surface area contributed by atoms with Crippen LogP contribution in [0.4, 0.5) is 5.69 Å². The van der Waals surface area contributed by atoms with Crippen LogP contribution >= 0.6 is 23.4 Å². The summed E-state index contributed by atoms with van der Waals surface area (Å²) in [6, 6.07) is 15.7. The zero-order chi connectivity index (χ0) is 23.8. The molecule has 2 N–H and O–H groups in total. The topological polar surface area (TPSA) is 88.9 Å². The fourth-order valence-electron chi connectivity index (χ4n) is 3.17. The van der Waals surface area contributed by atoms with Gasteiger partial charge in [0.05, 0.1) is 11.8 Å². The molecule has 0 fully saturated rings. The van der Waals surface area contributed by atoms with Gasteiger partial charge in [-0.3, -0.25) is 9.59 Å². The number of hydrogen-bond acceptors (Lipinski definition) is 5. The lowest BCUT2D eigenvalue weighted by Gasteiger charge is -2.22. The molecule has 0 aliphatic heterocycles. The standard InChI is InChI=1S/C24H26ClN5O2S/c1-4-13-30-22(21(16(2)3)27-23(32)17-9-6-5-7-10-17)28-29-24(30)33-15-20(31)26-19-12-8-11-18(25)14-19/h4-12,14,16,21H,1,13,15H2,2-3H3,(H,26,31)(H,27,32)/t21-/m0/s1. The summed E-state index contributed by atoms with van der Waals surface area (Å²) in [4.78, 5) is 25.2. The van der Waals surface area contributed by atoms with Crippen LogP contribution < -0.4 is 10.6 Å². The van der Waals surface area contributed by atoms with Crippen molar-refractivity contribution in [3.63, 3.8) is 0 Å². The van der Waals surface area contributed by atoms with Crippen molar-refractivity contribution in [3.8, 4) is 0 Å². The molecule has 172 valence electrons. The van der Waals surface area contributed by atoms with E-state index in [1.807, 2.05) is 36.6 Å². The molecule has 0 saturated carbocycles. The van der Waals surface area contributed by atoms with E-state index in [0.29, 0.717) is 33.8 Å². The fraction of sp³-hybridized carbons (Fsp3) is 0.250. The van der Waals surface area contributed by atoms with E-state index in [1.165, 1.54) is 11.8 Å². The maximum Gasteiger partial charge on any atom is 0.251 e. The molecule has 3 rings (SSSR count). The van der Waals surface area contributed by atoms with Crippen molar-refractivity contribution in [1.82, 2.24) is 20.1 Å². The van der Waals surface area contributed by atoms with Gasteiger partial charge in [-0.2, -0.15) is 0 Å². The molecule has 2 amide bonds. The predicted octanol–water partition coefficient (Wildman–Crippen LogP) is 4.98. The first-order valence-electron chi connectivity index (χ1n) is 10.5. The van der Waals surface area contributed by atoms with Crippen molar-refractivity contribution in [3.05, 3.63) is 83.7 Å². The van der Waals surface area contributed by atoms with Gasteiger partial charge in [-0.15, -0.1) is 16.8 Å². The Morgan fingerprint density at radius 3 is 2.58 bits per heavy atom. The molecule has 1 aromatic heterocycles. The minimum Gasteiger partial charge on any atom is -0.342 e. The number of rotatable bonds is 10. The fourth-order valence-corrected chi connectivity index (χ4v) is 4.12. The van der Waals surface area contributed by atoms with E-state index < -0.39 is 0 Å². The second-order valence-electron chi connectivity index (χ2n) is 7.65. The summed E-state index contributed by atoms with van der Waals surface area (Å²) in [7, 11) is 0. The number of amides is 2. The van der Waals surface area contributed by atoms with Crippen LogP contribution in [0.3, 0.4) is 0 Å². The summed E-state index contributed by atoms with van der Waals surface area (Å²) in [5.74, 6) is 0.457. The van der Waals surface area contributed by atoms with Crippen LogP contribution in [0.25, 0.3) is 0 Å². The second-order valence-corrected chi connectivity index (χ2v) is 9.03. The first kappa shape index (κ1) is 24.5. The number of allylic oxidation sites excluding steroid dienone is 1. The first-order valence-corrected chi connectivity index (χ1v) is 11.8. The normalized spacial score (nSPS) is 11.8. The van der Waals surface area contributed by atoms with Crippen molar-refractivity contribution in [2.75, 3.05) is 11.1 Å². The molecule has 7 nitrogen and oxygen atoms in total. The molecule has 0 spiro atoms. The third kappa shape index (κ3) is 6.69. The Hall–Kier alpha value is -3.10. The number of thioether (sulfide) groups is 1. The van der Waals surface area contributed by atoms with E-state index in [0.717, 1.165) is 0 Å². The quantitative estimate of drug-likeness (QED) is 0.314. The van der Waals surface area contributed by atoms with Gasteiger partial charge < -0.3 is 15.2 Å². The molecule has 33 heavy (non-hydrogen) atoms. The molecule has 2 aromatic carbocycles. The monoisotopic (exact) mass is 483 g/mol. The van der Waals surface area contributed by atoms with Crippen LogP contribution in [-0.4, -0.2) is 32.3 Å². The number of benzene rings is 2. The number of halogens is 1. The Morgan fingerprint density at radius 2 is 1.91 bits per heavy atom. The number of hydrogen-bond donors (Lipinski definition) is 2. The number of carbonyl (C=O) groups is 2. The highest BCUT2D eigenvalue weighted by Crippen LogP contribution is 2.26. The highest BCUT2D eigenvalue weighted by Gasteiger charge is 2.26. The van der Waals surface area contributed by atoms with Crippen molar-refractivity contribution in [1.29, 1.82) is 0 Å². The Morgan fingerprint density at radius 1 is 1.15 bits per heavy atom. The van der Waals surface area contributed by atoms with Crippen LogP contribution in [0.15, 0.2) is 72.4 Å². The van der Waals surface area contributed by atoms with Crippen LogP contribution in [0.1, 0.15) is 36.1 Å². The van der Waals surface area contributed by atoms with Gasteiger partial charge in [-0.1, -0.05) is 67.6 Å². The molecule has 9 heteroatoms. The lowest BCUT2D eigenvalue weighted by Crippen LogP contribution is -2.33. The minimum atomic E-state index is -0.361. The first-order chi connectivity index (χ1) is 15.9. The van der Waals surface area contributed by atoms with Gasteiger partial charge in [0.25, 0.3) is 5.91 Å². The highest BCUT2D eigenvalue weighted by molar-refractivity contribution is 7.99. The van der Waals surface area contributed by atoms with E-state index in [-0.39, 0.29) is 29.5 Å². The molecule has 0 unspecified atom stereocenters. The average Bonchev–Trinajstić information content (AvgIpc) is 3.18. The van der Waals surface area contributed by atoms with Gasteiger partial charge in [0.15, 0.2) is 11.0 Å². The maximum atomic E-state index is 12.8. The van der Waals surface area contributed by atoms with Crippen LogP contribution in [0, 0.1) is 5.92 Å². The lowest BCUT2D eigenvalue weighted by atomic mass is 10.0. The second kappa shape index (κ2) is 11.7. The number of anilines is 1. The molecule has 0 radical (unpaired) electrons. The summed E-state index contributed by atoms with van der Waals surface area (Å²) in [5, 5.41) is 15.7. The minimum absolute atomic E-state index is 0.0643. The molecule has 0 aliphatic carbocycles. The Balaban J connectivity index is 1.74. The Kier molecular flexibility index (Phi) is 8.68. The summed E-state index contributed by atoms with van der Waals surface area (Å²) < 4.78 is 1.88. The van der Waals surface area contributed by atoms with Crippen LogP contribution in [0.5, 0.6) is 0 Å². The van der Waals surface area contributed by atoms with E-state index in [2.05, 4.69) is 27.4 Å². The third-order valence-electron chi connectivity index (χ3n) is 4.77. The van der Waals surface area contributed by atoms with E-state index in [4.69, 9.17) is 11.6 Å². The van der Waals surface area contributed by atoms with Gasteiger partial charge in [-0.05, 0) is 36.2 Å². The molecule has 3 aromatic rings. The Bertz CT molecular complexity index is 1120. The van der Waals surface area contributed by atoms with Gasteiger partial charge in [0.2, 0.25) is 5.91 Å². The molecule has 0 aliphatic rings. The molecule has 1 atom stereocenters. The van der Waals surface area contributed by atoms with Gasteiger partial charge in [0, 0.05) is 22.8 Å². The highest BCUT2D eigenvalue weighted by atomic mass is 35.5. The largest absolute Gasteiger partial charge is 0.342 e. The van der Waals surface area contributed by atoms with Crippen molar-refractivity contribution < 1.29 is 9.59 Å². The zero-order valence-corrected chi connectivity index (χ0v) is 20.1. The molecular formula is C24H26ClN5O2S. The van der Waals surface area contributed by atoms with Gasteiger partial charge in [-0.25, -0.2) is 0 Å². The molecule has 1 heterocycles. The van der Waals surface area contributed by atoms with Crippen molar-refractivity contribution in [2.24, 2.45) is 5.92 Å². The van der Waals surface area contributed by atoms with Gasteiger partial charge >= 0.3 is 0 Å². The third-order valence-corrected chi connectivity index (χ3v) is 5.97. The van der Waals surface area contributed by atoms with E-state index >= 15 is 0 Å². The average molecular weight is 484 g/mol. The summed E-state index contributed by atoms with van der Waals surface area (Å²) in [5.41, 5.74) is 1.20. The van der Waals surface area contributed by atoms with Gasteiger partial charge in [0.1, 0.15) is 0 Å². The predicted molar refractivity (Wildman–Crippen MR) is 133 cm³/mol. The molecular weight excluding hydrogens is 458 g/mol. The number of carbonyl (C=O) groups excluding carboxylic acids is 2. The van der Waals surface area contributed by atoms with E-state index in [9.17, 15) is 9.59 Å². The summed E-state index contributed by atoms with van der Waals surface area (Å²) in [6.07, 6.45) is 1.74. The van der Waals surface area contributed by atoms with E-state index in [1.54, 1.807) is 42.5 Å². The molecule has 0 bridgehead atoms. The number of nitrogens with zero attached hydrogens (tertiary/aromatic N) is 3. The Labute approximate surface area is 202 Å². The van der Waals surface area contributed by atoms with Crippen molar-refractivity contribution in [2.45, 2.75) is 31.6 Å². The van der Waals surface area contributed by atoms with Crippen LogP contribution in [0.2, 0.25) is 5.02 Å². The smallest absolute Gasteiger partial charge is 0.251 e. The molecule has 0 saturated heterocycles. The van der Waals surface area contributed by atoms with Crippen molar-refractivity contribution >= 4 is 40.9 Å². The zero-order valence-electron chi connectivity index (χ0n) is 18.5.